The fourth-order valence-electron chi connectivity index (χ4n) is 6.00. The van der Waals surface area contributed by atoms with Gasteiger partial charge in [0.2, 0.25) is 0 Å². The molecule has 1 atom stereocenters. The van der Waals surface area contributed by atoms with Crippen LogP contribution < -0.4 is 10.1 Å². The highest BCUT2D eigenvalue weighted by Crippen LogP contribution is 2.29. The number of nitrogens with zero attached hydrogens (tertiary/aromatic N) is 3. The number of β-amino-alcohol motifs (C(OH)–C–C–N with tert-alkyl or cyclic N) is 1. The second-order valence-electron chi connectivity index (χ2n) is 11.6. The van der Waals surface area contributed by atoms with Crippen molar-refractivity contribution < 1.29 is 14.6 Å². The predicted octanol–water partition coefficient (Wildman–Crippen LogP) is 6.64. The molecular formula is C39H36N4O3. The summed E-state index contributed by atoms with van der Waals surface area (Å²) in [6, 6.07) is 35.2. The molecule has 0 unspecified atom stereocenters. The second kappa shape index (κ2) is 14.2. The number of ether oxygens (including phenoxy) is 1. The standard InChI is InChI=1S/C39H36N4O3/c1-46-33-15-16-37-36(24-33)34(17-20-41-37)38(44)26-43-21-18-32(19-22-43)42-39(45)35(23-27-7-9-28(25-40)10-8-27)31-13-11-30(12-14-31)29-5-3-2-4-6-29/h2-17,20,23-24,32,38,44H,18-19,21-22,26H2,1H3,(H,42,45)/t38-/m0/s1. The van der Waals surface area contributed by atoms with Gasteiger partial charge in [0.05, 0.1) is 30.4 Å². The average molecular weight is 609 g/mol. The lowest BCUT2D eigenvalue weighted by Crippen LogP contribution is -2.45. The number of carbonyl (C=O) groups excluding carboxylic acids is 1. The number of pyridine rings is 1. The zero-order valence-electron chi connectivity index (χ0n) is 25.8. The summed E-state index contributed by atoms with van der Waals surface area (Å²) >= 11 is 0. The Morgan fingerprint density at radius 1 is 1.00 bits per heavy atom. The Hall–Kier alpha value is -5.29. The fourth-order valence-corrected chi connectivity index (χ4v) is 6.00. The van der Waals surface area contributed by atoms with Gasteiger partial charge in [-0.3, -0.25) is 9.78 Å². The van der Waals surface area contributed by atoms with Gasteiger partial charge in [0.1, 0.15) is 5.75 Å². The summed E-state index contributed by atoms with van der Waals surface area (Å²) in [4.78, 5) is 20.5. The minimum atomic E-state index is -0.676. The first kappa shape index (κ1) is 30.7. The van der Waals surface area contributed by atoms with E-state index in [9.17, 15) is 15.2 Å². The Morgan fingerprint density at radius 3 is 2.41 bits per heavy atom. The van der Waals surface area contributed by atoms with Crippen LogP contribution in [0.15, 0.2) is 109 Å². The first-order chi connectivity index (χ1) is 22.5. The van der Waals surface area contributed by atoms with E-state index in [1.54, 1.807) is 25.4 Å². The third-order valence-corrected chi connectivity index (χ3v) is 8.59. The first-order valence-corrected chi connectivity index (χ1v) is 15.5. The molecule has 0 radical (unpaired) electrons. The average Bonchev–Trinajstić information content (AvgIpc) is 3.11. The van der Waals surface area contributed by atoms with Gasteiger partial charge in [-0.25, -0.2) is 0 Å². The largest absolute Gasteiger partial charge is 0.497 e. The maximum Gasteiger partial charge on any atom is 0.252 e. The minimum absolute atomic E-state index is 0.0138. The zero-order valence-corrected chi connectivity index (χ0v) is 25.8. The summed E-state index contributed by atoms with van der Waals surface area (Å²) in [6.45, 7) is 2.01. The quantitative estimate of drug-likeness (QED) is 0.144. The number of fused-ring (bicyclic) bond motifs is 1. The molecule has 6 rings (SSSR count). The number of benzene rings is 4. The van der Waals surface area contributed by atoms with Gasteiger partial charge in [-0.1, -0.05) is 66.7 Å². The summed E-state index contributed by atoms with van der Waals surface area (Å²) in [5.74, 6) is 0.595. The molecule has 1 amide bonds. The molecule has 5 aromatic rings. The molecule has 7 heteroatoms. The van der Waals surface area contributed by atoms with Crippen LogP contribution in [0.2, 0.25) is 0 Å². The van der Waals surface area contributed by atoms with Crippen molar-refractivity contribution in [3.8, 4) is 22.9 Å². The molecule has 1 aliphatic rings. The van der Waals surface area contributed by atoms with Gasteiger partial charge in [-0.05, 0) is 83.1 Å². The topological polar surface area (TPSA) is 98.5 Å². The summed E-state index contributed by atoms with van der Waals surface area (Å²) in [7, 11) is 1.63. The zero-order chi connectivity index (χ0) is 31.9. The number of rotatable bonds is 9. The summed E-state index contributed by atoms with van der Waals surface area (Å²) < 4.78 is 5.39. The molecule has 0 aliphatic carbocycles. The van der Waals surface area contributed by atoms with E-state index >= 15 is 0 Å². The van der Waals surface area contributed by atoms with Gasteiger partial charge >= 0.3 is 0 Å². The molecule has 0 saturated carbocycles. The fraction of sp³-hybridized carbons (Fsp3) is 0.205. The Labute approximate surface area is 269 Å². The summed E-state index contributed by atoms with van der Waals surface area (Å²) in [5.41, 5.74) is 6.66. The maximum absolute atomic E-state index is 13.8. The van der Waals surface area contributed by atoms with Gasteiger partial charge < -0.3 is 20.1 Å². The maximum atomic E-state index is 13.8. The van der Waals surface area contributed by atoms with Crippen LogP contribution in [-0.2, 0) is 4.79 Å². The number of likely N-dealkylation sites (tertiary alicyclic amines) is 1. The molecule has 230 valence electrons. The van der Waals surface area contributed by atoms with Crippen molar-refractivity contribution in [3.63, 3.8) is 0 Å². The van der Waals surface area contributed by atoms with Crippen molar-refractivity contribution in [1.82, 2.24) is 15.2 Å². The van der Waals surface area contributed by atoms with Crippen LogP contribution in [-0.4, -0.2) is 53.7 Å². The van der Waals surface area contributed by atoms with E-state index in [2.05, 4.69) is 33.4 Å². The number of methoxy groups -OCH3 is 1. The SMILES string of the molecule is COc1ccc2nccc([C@@H](O)CN3CCC(NC(=O)C(=Cc4ccc(C#N)cc4)c4ccc(-c5ccccc5)cc4)CC3)c2c1. The van der Waals surface area contributed by atoms with E-state index in [1.165, 1.54) is 0 Å². The van der Waals surface area contributed by atoms with Gasteiger partial charge in [0.25, 0.3) is 5.91 Å². The van der Waals surface area contributed by atoms with Crippen LogP contribution >= 0.6 is 0 Å². The molecule has 1 aliphatic heterocycles. The number of piperidine rings is 1. The lowest BCUT2D eigenvalue weighted by atomic mass is 9.97. The number of amides is 1. The Balaban J connectivity index is 1.13. The van der Waals surface area contributed by atoms with Gasteiger partial charge in [-0.15, -0.1) is 0 Å². The van der Waals surface area contributed by atoms with Crippen LogP contribution in [0.3, 0.4) is 0 Å². The lowest BCUT2D eigenvalue weighted by molar-refractivity contribution is -0.116. The highest BCUT2D eigenvalue weighted by molar-refractivity contribution is 6.24. The lowest BCUT2D eigenvalue weighted by Gasteiger charge is -2.33. The number of aliphatic hydroxyl groups is 1. The first-order valence-electron chi connectivity index (χ1n) is 15.5. The molecule has 1 aromatic heterocycles. The number of nitriles is 1. The van der Waals surface area contributed by atoms with Gasteiger partial charge in [0.15, 0.2) is 0 Å². The van der Waals surface area contributed by atoms with E-state index < -0.39 is 6.10 Å². The minimum Gasteiger partial charge on any atom is -0.497 e. The van der Waals surface area contributed by atoms with E-state index in [1.807, 2.05) is 84.9 Å². The smallest absolute Gasteiger partial charge is 0.252 e. The van der Waals surface area contributed by atoms with Crippen LogP contribution in [0, 0.1) is 11.3 Å². The van der Waals surface area contributed by atoms with Crippen molar-refractivity contribution >= 4 is 28.5 Å². The molecule has 0 spiro atoms. The predicted molar refractivity (Wildman–Crippen MR) is 182 cm³/mol. The van der Waals surface area contributed by atoms with E-state index in [0.29, 0.717) is 17.7 Å². The van der Waals surface area contributed by atoms with E-state index in [-0.39, 0.29) is 11.9 Å². The highest BCUT2D eigenvalue weighted by Gasteiger charge is 2.25. The van der Waals surface area contributed by atoms with Crippen LogP contribution in [0.5, 0.6) is 5.75 Å². The number of aliphatic hydroxyl groups excluding tert-OH is 1. The van der Waals surface area contributed by atoms with Crippen LogP contribution in [0.4, 0.5) is 0 Å². The molecule has 4 aromatic carbocycles. The normalized spacial score (nSPS) is 14.8. The third-order valence-electron chi connectivity index (χ3n) is 8.59. The molecule has 0 bridgehead atoms. The highest BCUT2D eigenvalue weighted by atomic mass is 16.5. The summed E-state index contributed by atoms with van der Waals surface area (Å²) in [6.07, 6.45) is 4.49. The Kier molecular flexibility index (Phi) is 9.49. The Bertz CT molecular complexity index is 1870. The van der Waals surface area contributed by atoms with Crippen molar-refractivity contribution in [3.05, 3.63) is 132 Å². The van der Waals surface area contributed by atoms with Crippen LogP contribution in [0.1, 0.15) is 41.2 Å². The van der Waals surface area contributed by atoms with Crippen LogP contribution in [0.25, 0.3) is 33.7 Å². The number of hydrogen-bond donors (Lipinski definition) is 2. The third kappa shape index (κ3) is 7.16. The van der Waals surface area contributed by atoms with Gasteiger partial charge in [0, 0.05) is 42.8 Å². The number of nitrogens with one attached hydrogen (secondary N) is 1. The molecule has 7 nitrogen and oxygen atoms in total. The monoisotopic (exact) mass is 608 g/mol. The van der Waals surface area contributed by atoms with Crippen molar-refractivity contribution in [1.29, 1.82) is 5.26 Å². The molecule has 46 heavy (non-hydrogen) atoms. The van der Waals surface area contributed by atoms with Gasteiger partial charge in [-0.2, -0.15) is 5.26 Å². The van der Waals surface area contributed by atoms with E-state index in [4.69, 9.17) is 4.74 Å². The van der Waals surface area contributed by atoms with Crippen molar-refractivity contribution in [2.75, 3.05) is 26.7 Å². The molecule has 2 N–H and O–H groups in total. The number of hydrogen-bond acceptors (Lipinski definition) is 6. The molecular weight excluding hydrogens is 572 g/mol. The number of aromatic nitrogens is 1. The second-order valence-corrected chi connectivity index (χ2v) is 11.6. The summed E-state index contributed by atoms with van der Waals surface area (Å²) in [5, 5.41) is 24.6. The number of carbonyl (C=O) groups is 1. The molecule has 1 saturated heterocycles. The van der Waals surface area contributed by atoms with Crippen molar-refractivity contribution in [2.24, 2.45) is 0 Å². The molecule has 1 fully saturated rings. The molecule has 2 heterocycles. The Morgan fingerprint density at radius 2 is 1.72 bits per heavy atom. The van der Waals surface area contributed by atoms with E-state index in [0.717, 1.165) is 70.4 Å². The van der Waals surface area contributed by atoms with Crippen molar-refractivity contribution in [2.45, 2.75) is 25.0 Å².